The predicted molar refractivity (Wildman–Crippen MR) is 58.1 cm³/mol. The molecular formula is C9H14N4O4. The van der Waals surface area contributed by atoms with Gasteiger partial charge in [0.25, 0.3) is 0 Å². The van der Waals surface area contributed by atoms with E-state index >= 15 is 0 Å². The summed E-state index contributed by atoms with van der Waals surface area (Å²) >= 11 is 0. The van der Waals surface area contributed by atoms with Crippen LogP contribution in [0.3, 0.4) is 0 Å². The van der Waals surface area contributed by atoms with E-state index in [0.29, 0.717) is 0 Å². The number of hydrogen-bond acceptors (Lipinski definition) is 5. The van der Waals surface area contributed by atoms with Crippen molar-refractivity contribution >= 4 is 23.6 Å². The molecule has 1 atom stereocenters. The van der Waals surface area contributed by atoms with Crippen LogP contribution in [0.15, 0.2) is 4.99 Å². The molecule has 1 aliphatic rings. The fourth-order valence-electron chi connectivity index (χ4n) is 1.47. The number of carboxylic acid groups (broad SMARTS) is 1. The van der Waals surface area contributed by atoms with Gasteiger partial charge in [0.1, 0.15) is 0 Å². The summed E-state index contributed by atoms with van der Waals surface area (Å²) in [7, 11) is 0. The van der Waals surface area contributed by atoms with Crippen molar-refractivity contribution in [1.29, 1.82) is 0 Å². The van der Waals surface area contributed by atoms with Crippen molar-refractivity contribution in [3.63, 3.8) is 0 Å². The van der Waals surface area contributed by atoms with Gasteiger partial charge in [0.05, 0.1) is 12.6 Å². The average Bonchev–Trinajstić information content (AvgIpc) is 2.73. The van der Waals surface area contributed by atoms with Crippen molar-refractivity contribution in [2.45, 2.75) is 18.9 Å². The van der Waals surface area contributed by atoms with Crippen molar-refractivity contribution in [1.82, 2.24) is 4.90 Å². The molecule has 1 rings (SSSR count). The molecule has 0 aromatic heterocycles. The van der Waals surface area contributed by atoms with Crippen LogP contribution in [-0.2, 0) is 14.4 Å². The highest BCUT2D eigenvalue weighted by molar-refractivity contribution is 6.37. The van der Waals surface area contributed by atoms with Gasteiger partial charge in [0, 0.05) is 13.0 Å². The SMILES string of the molecule is NC(=O)CC[C@H](N)C(=O)N1CCN=C1C(=O)O. The summed E-state index contributed by atoms with van der Waals surface area (Å²) in [5.74, 6) is -2.67. The van der Waals surface area contributed by atoms with Gasteiger partial charge < -0.3 is 16.6 Å². The number of nitrogens with two attached hydrogens (primary N) is 2. The maximum atomic E-state index is 11.8. The predicted octanol–water partition coefficient (Wildman–Crippen LogP) is -2.10. The number of rotatable bonds is 5. The lowest BCUT2D eigenvalue weighted by molar-refractivity contribution is -0.134. The van der Waals surface area contributed by atoms with Crippen molar-refractivity contribution in [3.8, 4) is 0 Å². The zero-order valence-corrected chi connectivity index (χ0v) is 9.13. The Kier molecular flexibility index (Phi) is 4.16. The van der Waals surface area contributed by atoms with Crippen LogP contribution < -0.4 is 11.5 Å². The number of nitrogens with zero attached hydrogens (tertiary/aromatic N) is 2. The molecule has 17 heavy (non-hydrogen) atoms. The summed E-state index contributed by atoms with van der Waals surface area (Å²) in [4.78, 5) is 37.8. The van der Waals surface area contributed by atoms with E-state index in [4.69, 9.17) is 16.6 Å². The van der Waals surface area contributed by atoms with Crippen LogP contribution >= 0.6 is 0 Å². The highest BCUT2D eigenvalue weighted by atomic mass is 16.4. The molecule has 2 amide bonds. The first-order chi connectivity index (χ1) is 7.93. The minimum atomic E-state index is -1.27. The van der Waals surface area contributed by atoms with Crippen molar-refractivity contribution in [2.75, 3.05) is 13.1 Å². The fourth-order valence-corrected chi connectivity index (χ4v) is 1.47. The Labute approximate surface area is 97.3 Å². The smallest absolute Gasteiger partial charge is 0.371 e. The lowest BCUT2D eigenvalue weighted by Gasteiger charge is -2.19. The maximum Gasteiger partial charge on any atom is 0.371 e. The largest absolute Gasteiger partial charge is 0.475 e. The highest BCUT2D eigenvalue weighted by Crippen LogP contribution is 2.07. The van der Waals surface area contributed by atoms with Crippen LogP contribution in [-0.4, -0.2) is 52.8 Å². The normalized spacial score (nSPS) is 16.5. The molecular weight excluding hydrogens is 228 g/mol. The molecule has 1 aliphatic heterocycles. The fraction of sp³-hybridized carbons (Fsp3) is 0.556. The van der Waals surface area contributed by atoms with E-state index in [0.717, 1.165) is 4.90 Å². The third kappa shape index (κ3) is 3.25. The standard InChI is InChI=1S/C9H14N4O4/c10-5(1-2-6(11)14)8(15)13-4-3-12-7(13)9(16)17/h5H,1-4,10H2,(H2,11,14)(H,16,17)/t5-/m0/s1. The maximum absolute atomic E-state index is 11.8. The molecule has 8 nitrogen and oxygen atoms in total. The van der Waals surface area contributed by atoms with Crippen LogP contribution in [0, 0.1) is 0 Å². The van der Waals surface area contributed by atoms with E-state index in [1.54, 1.807) is 0 Å². The zero-order valence-electron chi connectivity index (χ0n) is 9.13. The Balaban J connectivity index is 2.61. The molecule has 5 N–H and O–H groups in total. The number of amidine groups is 1. The van der Waals surface area contributed by atoms with Crippen LogP contribution in [0.2, 0.25) is 0 Å². The Morgan fingerprint density at radius 3 is 2.65 bits per heavy atom. The average molecular weight is 242 g/mol. The summed E-state index contributed by atoms with van der Waals surface area (Å²) in [6, 6.07) is -0.940. The molecule has 94 valence electrons. The van der Waals surface area contributed by atoms with Gasteiger partial charge in [-0.25, -0.2) is 4.79 Å². The molecule has 0 saturated carbocycles. The third-order valence-electron chi connectivity index (χ3n) is 2.32. The third-order valence-corrected chi connectivity index (χ3v) is 2.32. The van der Waals surface area contributed by atoms with Crippen LogP contribution in [0.25, 0.3) is 0 Å². The van der Waals surface area contributed by atoms with Gasteiger partial charge in [-0.3, -0.25) is 19.5 Å². The Morgan fingerprint density at radius 1 is 1.47 bits per heavy atom. The molecule has 0 spiro atoms. The van der Waals surface area contributed by atoms with Gasteiger partial charge in [-0.2, -0.15) is 0 Å². The minimum Gasteiger partial charge on any atom is -0.475 e. The van der Waals surface area contributed by atoms with Crippen molar-refractivity contribution in [2.24, 2.45) is 16.5 Å². The number of carboxylic acids is 1. The minimum absolute atomic E-state index is 0.0136. The second-order valence-corrected chi connectivity index (χ2v) is 3.61. The first-order valence-electron chi connectivity index (χ1n) is 5.06. The van der Waals surface area contributed by atoms with E-state index in [1.165, 1.54) is 0 Å². The molecule has 0 aliphatic carbocycles. The molecule has 0 saturated heterocycles. The number of aliphatic imine (C=N–C) groups is 1. The van der Waals surface area contributed by atoms with Gasteiger partial charge in [-0.15, -0.1) is 0 Å². The second-order valence-electron chi connectivity index (χ2n) is 3.61. The monoisotopic (exact) mass is 242 g/mol. The van der Waals surface area contributed by atoms with Gasteiger partial charge in [0.15, 0.2) is 0 Å². The number of carbonyl (C=O) groups excluding carboxylic acids is 2. The number of hydrogen-bond donors (Lipinski definition) is 3. The Bertz CT molecular complexity index is 379. The second kappa shape index (κ2) is 5.39. The molecule has 8 heteroatoms. The Morgan fingerprint density at radius 2 is 2.12 bits per heavy atom. The number of primary amides is 1. The summed E-state index contributed by atoms with van der Waals surface area (Å²) in [5.41, 5.74) is 10.5. The zero-order chi connectivity index (χ0) is 13.0. The lowest BCUT2D eigenvalue weighted by Crippen LogP contribution is -2.47. The Hall–Kier alpha value is -1.96. The van der Waals surface area contributed by atoms with Crippen LogP contribution in [0.1, 0.15) is 12.8 Å². The first-order valence-corrected chi connectivity index (χ1v) is 5.06. The molecule has 0 bridgehead atoms. The van der Waals surface area contributed by atoms with Crippen molar-refractivity contribution in [3.05, 3.63) is 0 Å². The summed E-state index contributed by atoms with van der Waals surface area (Å²) in [6.45, 7) is 0.445. The molecule has 0 aromatic rings. The van der Waals surface area contributed by atoms with Gasteiger partial charge in [-0.05, 0) is 6.42 Å². The number of amides is 2. The van der Waals surface area contributed by atoms with E-state index in [-0.39, 0.29) is 31.8 Å². The first kappa shape index (κ1) is 13.1. The number of carbonyl (C=O) groups is 3. The highest BCUT2D eigenvalue weighted by Gasteiger charge is 2.31. The number of aliphatic carboxylic acids is 1. The van der Waals surface area contributed by atoms with Crippen LogP contribution in [0.5, 0.6) is 0 Å². The van der Waals surface area contributed by atoms with Crippen molar-refractivity contribution < 1.29 is 19.5 Å². The van der Waals surface area contributed by atoms with E-state index < -0.39 is 23.8 Å². The molecule has 0 unspecified atom stereocenters. The van der Waals surface area contributed by atoms with Gasteiger partial charge >= 0.3 is 5.97 Å². The molecule has 0 fully saturated rings. The molecule has 1 heterocycles. The molecule has 0 aromatic carbocycles. The summed E-state index contributed by atoms with van der Waals surface area (Å²) in [5, 5.41) is 8.79. The van der Waals surface area contributed by atoms with E-state index in [9.17, 15) is 14.4 Å². The summed E-state index contributed by atoms with van der Waals surface area (Å²) < 4.78 is 0. The van der Waals surface area contributed by atoms with Gasteiger partial charge in [0.2, 0.25) is 17.6 Å². The quantitative estimate of drug-likeness (QED) is 0.507. The lowest BCUT2D eigenvalue weighted by atomic mass is 10.1. The molecule has 0 radical (unpaired) electrons. The van der Waals surface area contributed by atoms with Gasteiger partial charge in [-0.1, -0.05) is 0 Å². The topological polar surface area (TPSA) is 139 Å². The van der Waals surface area contributed by atoms with E-state index in [2.05, 4.69) is 4.99 Å². The summed E-state index contributed by atoms with van der Waals surface area (Å²) in [6.07, 6.45) is 0.0812. The van der Waals surface area contributed by atoms with Crippen LogP contribution in [0.4, 0.5) is 0 Å². The van der Waals surface area contributed by atoms with E-state index in [1.807, 2.05) is 0 Å².